The van der Waals surface area contributed by atoms with E-state index in [4.69, 9.17) is 4.74 Å². The third kappa shape index (κ3) is 9.34. The summed E-state index contributed by atoms with van der Waals surface area (Å²) in [4.78, 5) is 30.4. The SMILES string of the molecule is COc1cccc(-c2ccc(CCCC(=O)c3ccc4c(c3)[C@]3(C)CCN(CC5(c6ccccc6-c6ccc(CCCC(=O)c7ccc8c(c7)[C@]7(C)CC[C@@H](CC9CC9)C(C8)[C@@H]7C)cc6)CC5)[C@H](C4)[C@@H]3C)cc2)c1. The van der Waals surface area contributed by atoms with Gasteiger partial charge in [0, 0.05) is 42.0 Å². The lowest BCUT2D eigenvalue weighted by atomic mass is 9.51. The van der Waals surface area contributed by atoms with Crippen LogP contribution in [0.4, 0.5) is 0 Å². The molecule has 4 heteroatoms. The fraction of sp³-hybridized carbons (Fsp3) is 0.457. The molecule has 6 aromatic carbocycles. The number of nitrogens with zero attached hydrogens (tertiary/aromatic N) is 1. The Kier molecular flexibility index (Phi) is 13.2. The van der Waals surface area contributed by atoms with Crippen molar-refractivity contribution >= 4 is 11.6 Å². The summed E-state index contributed by atoms with van der Waals surface area (Å²) >= 11 is 0. The normalized spacial score (nSPS) is 26.4. The third-order valence-corrected chi connectivity index (χ3v) is 20.8. The molecule has 4 fully saturated rings. The molecule has 0 aromatic heterocycles. The van der Waals surface area contributed by atoms with Crippen LogP contribution in [0.1, 0.15) is 164 Å². The van der Waals surface area contributed by atoms with Crippen molar-refractivity contribution in [1.82, 2.24) is 4.90 Å². The van der Waals surface area contributed by atoms with Gasteiger partial charge >= 0.3 is 0 Å². The van der Waals surface area contributed by atoms with Crippen molar-refractivity contribution in [3.05, 3.63) is 184 Å². The van der Waals surface area contributed by atoms with Gasteiger partial charge in [0.2, 0.25) is 0 Å². The van der Waals surface area contributed by atoms with Crippen molar-refractivity contribution in [2.24, 2.45) is 29.6 Å². The smallest absolute Gasteiger partial charge is 0.162 e. The second-order valence-electron chi connectivity index (χ2n) is 25.0. The Hall–Kier alpha value is -5.58. The molecule has 5 aliphatic carbocycles. The van der Waals surface area contributed by atoms with Crippen molar-refractivity contribution < 1.29 is 14.3 Å². The fourth-order valence-corrected chi connectivity index (χ4v) is 15.4. The highest BCUT2D eigenvalue weighted by molar-refractivity contribution is 5.97. The number of rotatable bonds is 18. The molecule has 12 rings (SSSR count). The first-order valence-corrected chi connectivity index (χ1v) is 28.9. The minimum Gasteiger partial charge on any atom is -0.497 e. The van der Waals surface area contributed by atoms with Gasteiger partial charge in [-0.3, -0.25) is 14.5 Å². The van der Waals surface area contributed by atoms with Crippen LogP contribution in [0.3, 0.4) is 0 Å². The van der Waals surface area contributed by atoms with Gasteiger partial charge in [-0.25, -0.2) is 0 Å². The molecule has 382 valence electrons. The van der Waals surface area contributed by atoms with Gasteiger partial charge in [-0.15, -0.1) is 0 Å². The van der Waals surface area contributed by atoms with E-state index >= 15 is 0 Å². The van der Waals surface area contributed by atoms with Crippen LogP contribution in [-0.4, -0.2) is 42.7 Å². The number of piperidine rings is 1. The molecule has 1 heterocycles. The topological polar surface area (TPSA) is 46.6 Å². The quantitative estimate of drug-likeness (QED) is 0.0805. The van der Waals surface area contributed by atoms with Crippen LogP contribution < -0.4 is 4.74 Å². The maximum absolute atomic E-state index is 13.8. The van der Waals surface area contributed by atoms with E-state index in [2.05, 4.69) is 154 Å². The molecule has 0 spiro atoms. The molecule has 3 saturated carbocycles. The van der Waals surface area contributed by atoms with Crippen LogP contribution in [0.2, 0.25) is 0 Å². The van der Waals surface area contributed by atoms with Gasteiger partial charge in [-0.1, -0.05) is 150 Å². The molecule has 1 aliphatic heterocycles. The molecule has 4 nitrogen and oxygen atoms in total. The lowest BCUT2D eigenvalue weighted by molar-refractivity contribution is 0.0251. The molecular weight excluding hydrogens is 903 g/mol. The van der Waals surface area contributed by atoms with Crippen molar-refractivity contribution in [2.45, 2.75) is 153 Å². The van der Waals surface area contributed by atoms with E-state index in [0.29, 0.717) is 36.5 Å². The fourth-order valence-electron chi connectivity index (χ4n) is 15.4. The summed E-state index contributed by atoms with van der Waals surface area (Å²) in [6, 6.07) is 49.4. The summed E-state index contributed by atoms with van der Waals surface area (Å²) in [5.41, 5.74) is 17.1. The Morgan fingerprint density at radius 3 is 1.85 bits per heavy atom. The number of aryl methyl sites for hydroxylation is 2. The van der Waals surface area contributed by atoms with Gasteiger partial charge in [0.05, 0.1) is 7.11 Å². The van der Waals surface area contributed by atoms with Crippen LogP contribution in [0.15, 0.2) is 133 Å². The largest absolute Gasteiger partial charge is 0.497 e. The zero-order valence-electron chi connectivity index (χ0n) is 45.1. The standard InChI is InChI=1S/C70H79NO3/c1-46-61-41-55-29-31-57(42-63(55)68(46,3)34-33-54(61)39-50-19-20-50)66(72)18-9-12-49-23-27-52(28-24-49)60-15-6-7-16-62(60)70(35-36-70)45-71-38-37-69(4)47(2)65(71)44-56-30-32-58(43-64(56)69)67(73)17-8-11-48-21-25-51(26-22-48)53-13-10-14-59(40-53)74-5/h6-7,10,13-16,21-32,40,42-43,46-47,50,54,61,65H,8-9,11-12,17-20,33-39,41,44-45H2,1-5H3/t46-,47-,54-,61?,65+,68+,69+/m0/s1. The van der Waals surface area contributed by atoms with Gasteiger partial charge in [-0.2, -0.15) is 0 Å². The molecule has 6 aromatic rings. The average Bonchev–Trinajstić information content (AvgIpc) is 4.41. The number of ketones is 2. The minimum atomic E-state index is 0.0513. The Bertz CT molecular complexity index is 3050. The highest BCUT2D eigenvalue weighted by atomic mass is 16.5. The van der Waals surface area contributed by atoms with Gasteiger partial charge in [0.25, 0.3) is 0 Å². The van der Waals surface area contributed by atoms with Crippen LogP contribution >= 0.6 is 0 Å². The van der Waals surface area contributed by atoms with Crippen LogP contribution in [0.5, 0.6) is 5.75 Å². The van der Waals surface area contributed by atoms with Gasteiger partial charge in [0.15, 0.2) is 11.6 Å². The summed E-state index contributed by atoms with van der Waals surface area (Å²) in [6.45, 7) is 12.2. The van der Waals surface area contributed by atoms with Crippen LogP contribution in [0, 0.1) is 29.6 Å². The number of carbonyl (C=O) groups excluding carboxylic acids is 2. The summed E-state index contributed by atoms with van der Waals surface area (Å²) in [6.07, 6.45) is 17.5. The van der Waals surface area contributed by atoms with Gasteiger partial charge in [0.1, 0.15) is 5.75 Å². The van der Waals surface area contributed by atoms with E-state index in [1.165, 1.54) is 107 Å². The zero-order chi connectivity index (χ0) is 50.8. The predicted octanol–water partition coefficient (Wildman–Crippen LogP) is 16.0. The molecule has 0 radical (unpaired) electrons. The van der Waals surface area contributed by atoms with E-state index in [1.807, 2.05) is 12.1 Å². The number of hydrogen-bond acceptors (Lipinski definition) is 4. The molecule has 0 amide bonds. The first kappa shape index (κ1) is 49.3. The molecule has 1 saturated heterocycles. The summed E-state index contributed by atoms with van der Waals surface area (Å²) in [5, 5.41) is 0. The molecule has 7 atom stereocenters. The maximum Gasteiger partial charge on any atom is 0.162 e. The van der Waals surface area contributed by atoms with E-state index in [0.717, 1.165) is 91.8 Å². The predicted molar refractivity (Wildman–Crippen MR) is 303 cm³/mol. The number of carbonyl (C=O) groups is 2. The number of ether oxygens (including phenoxy) is 1. The summed E-state index contributed by atoms with van der Waals surface area (Å²) in [5.74, 6) is 5.29. The molecule has 0 N–H and O–H groups in total. The first-order valence-electron chi connectivity index (χ1n) is 28.9. The average molecular weight is 982 g/mol. The molecular formula is C70H79NO3. The van der Waals surface area contributed by atoms with Gasteiger partial charge in [-0.05, 0) is 209 Å². The number of fused-ring (bicyclic) bond motifs is 8. The summed E-state index contributed by atoms with van der Waals surface area (Å²) < 4.78 is 5.42. The van der Waals surface area contributed by atoms with Crippen molar-refractivity contribution in [3.63, 3.8) is 0 Å². The second-order valence-corrected chi connectivity index (χ2v) is 25.0. The lowest BCUT2D eigenvalue weighted by Crippen LogP contribution is -2.59. The maximum atomic E-state index is 13.8. The van der Waals surface area contributed by atoms with E-state index in [1.54, 1.807) is 7.11 Å². The highest BCUT2D eigenvalue weighted by Crippen LogP contribution is 2.58. The Morgan fingerprint density at radius 1 is 0.595 bits per heavy atom. The van der Waals surface area contributed by atoms with Crippen molar-refractivity contribution in [1.29, 1.82) is 0 Å². The Morgan fingerprint density at radius 2 is 1.22 bits per heavy atom. The summed E-state index contributed by atoms with van der Waals surface area (Å²) in [7, 11) is 1.70. The van der Waals surface area contributed by atoms with E-state index in [9.17, 15) is 9.59 Å². The van der Waals surface area contributed by atoms with Crippen molar-refractivity contribution in [2.75, 3.05) is 20.2 Å². The minimum absolute atomic E-state index is 0.0513. The van der Waals surface area contributed by atoms with E-state index < -0.39 is 0 Å². The van der Waals surface area contributed by atoms with Gasteiger partial charge < -0.3 is 4.74 Å². The zero-order valence-corrected chi connectivity index (χ0v) is 45.1. The van der Waals surface area contributed by atoms with E-state index in [-0.39, 0.29) is 22.0 Å². The number of hydrogen-bond donors (Lipinski definition) is 0. The Balaban J connectivity index is 0.655. The molecule has 74 heavy (non-hydrogen) atoms. The van der Waals surface area contributed by atoms with Crippen LogP contribution in [-0.2, 0) is 41.9 Å². The van der Waals surface area contributed by atoms with Crippen LogP contribution in [0.25, 0.3) is 22.3 Å². The first-order chi connectivity index (χ1) is 35.9. The molecule has 4 bridgehead atoms. The highest BCUT2D eigenvalue weighted by Gasteiger charge is 2.54. The monoisotopic (exact) mass is 982 g/mol. The number of methoxy groups -OCH3 is 1. The molecule has 6 aliphatic rings. The number of Topliss-reactive ketones (excluding diaryl/α,β-unsaturated/α-hetero) is 2. The van der Waals surface area contributed by atoms with Crippen molar-refractivity contribution in [3.8, 4) is 28.0 Å². The second kappa shape index (κ2) is 19.8. The lowest BCUT2D eigenvalue weighted by Gasteiger charge is -2.55. The Labute approximate surface area is 442 Å². The number of benzene rings is 6. The molecule has 1 unspecified atom stereocenters. The number of likely N-dealkylation sites (tertiary alicyclic amines) is 1. The third-order valence-electron chi connectivity index (χ3n) is 20.8.